The number of nitrogens with one attached hydrogen (secondary N) is 1. The van der Waals surface area contributed by atoms with Gasteiger partial charge in [-0.05, 0) is 43.0 Å². The summed E-state index contributed by atoms with van der Waals surface area (Å²) in [6, 6.07) is 19.1. The molecule has 0 spiro atoms. The van der Waals surface area contributed by atoms with Gasteiger partial charge in [0.25, 0.3) is 0 Å². The maximum Gasteiger partial charge on any atom is 0.0727 e. The van der Waals surface area contributed by atoms with Crippen molar-refractivity contribution >= 4 is 10.8 Å². The van der Waals surface area contributed by atoms with Crippen LogP contribution in [0.25, 0.3) is 16.5 Å². The van der Waals surface area contributed by atoms with Crippen LogP contribution < -0.4 is 5.32 Å². The van der Waals surface area contributed by atoms with Gasteiger partial charge >= 0.3 is 0 Å². The molecule has 0 radical (unpaired) electrons. The van der Waals surface area contributed by atoms with Gasteiger partial charge in [0.1, 0.15) is 0 Å². The lowest BCUT2D eigenvalue weighted by Gasteiger charge is -2.14. The smallest absolute Gasteiger partial charge is 0.0727 e. The number of pyridine rings is 1. The highest BCUT2D eigenvalue weighted by atomic mass is 15.3. The zero-order valence-electron chi connectivity index (χ0n) is 15.1. The van der Waals surface area contributed by atoms with E-state index in [0.717, 1.165) is 17.9 Å². The van der Waals surface area contributed by atoms with Gasteiger partial charge in [-0.3, -0.25) is 4.98 Å². The highest BCUT2D eigenvalue weighted by Crippen LogP contribution is 2.26. The molecule has 2 heterocycles. The van der Waals surface area contributed by atoms with Crippen molar-refractivity contribution in [1.82, 2.24) is 20.1 Å². The standard InChI is InChI=1S/C22H22N4/c1-16(24-14-18-10-12-23-13-11-18)21-15-25-26(17(21)2)22-9-5-7-19-6-3-4-8-20(19)22/h3-13,15-16,24H,14H2,1-2H3. The summed E-state index contributed by atoms with van der Waals surface area (Å²) in [5.74, 6) is 0. The largest absolute Gasteiger partial charge is 0.306 e. The van der Waals surface area contributed by atoms with E-state index in [1.165, 1.54) is 21.9 Å². The van der Waals surface area contributed by atoms with E-state index in [9.17, 15) is 0 Å². The molecule has 0 aliphatic heterocycles. The predicted octanol–water partition coefficient (Wildman–Crippen LogP) is 4.58. The Morgan fingerprint density at radius 3 is 2.62 bits per heavy atom. The second-order valence-electron chi connectivity index (χ2n) is 6.55. The number of rotatable bonds is 5. The lowest BCUT2D eigenvalue weighted by atomic mass is 10.1. The molecule has 4 heteroatoms. The summed E-state index contributed by atoms with van der Waals surface area (Å²) in [6.45, 7) is 5.12. The molecule has 0 aliphatic rings. The molecule has 2 aromatic heterocycles. The van der Waals surface area contributed by atoms with Crippen molar-refractivity contribution in [2.75, 3.05) is 0 Å². The molecule has 4 rings (SSSR count). The van der Waals surface area contributed by atoms with Crippen molar-refractivity contribution < 1.29 is 0 Å². The van der Waals surface area contributed by atoms with Crippen LogP contribution in [0.3, 0.4) is 0 Å². The van der Waals surface area contributed by atoms with Crippen LogP contribution in [0.1, 0.15) is 29.8 Å². The fourth-order valence-electron chi connectivity index (χ4n) is 3.36. The molecule has 2 aromatic carbocycles. The SMILES string of the molecule is Cc1c(C(C)NCc2ccncc2)cnn1-c1cccc2ccccc12. The molecule has 130 valence electrons. The second-order valence-corrected chi connectivity index (χ2v) is 6.55. The molecular weight excluding hydrogens is 320 g/mol. The van der Waals surface area contributed by atoms with E-state index in [4.69, 9.17) is 0 Å². The van der Waals surface area contributed by atoms with Crippen molar-refractivity contribution in [2.45, 2.75) is 26.4 Å². The molecule has 0 aliphatic carbocycles. The van der Waals surface area contributed by atoms with Crippen LogP contribution in [-0.2, 0) is 6.54 Å². The van der Waals surface area contributed by atoms with Crippen LogP contribution >= 0.6 is 0 Å². The van der Waals surface area contributed by atoms with Gasteiger partial charge in [0.05, 0.1) is 11.9 Å². The Balaban J connectivity index is 1.61. The molecule has 0 fully saturated rings. The van der Waals surface area contributed by atoms with Gasteiger partial charge in [-0.25, -0.2) is 4.68 Å². The third-order valence-corrected chi connectivity index (χ3v) is 4.87. The summed E-state index contributed by atoms with van der Waals surface area (Å²) >= 11 is 0. The van der Waals surface area contributed by atoms with Gasteiger partial charge in [0, 0.05) is 41.6 Å². The first-order valence-electron chi connectivity index (χ1n) is 8.89. The molecule has 1 atom stereocenters. The summed E-state index contributed by atoms with van der Waals surface area (Å²) in [5.41, 5.74) is 4.72. The lowest BCUT2D eigenvalue weighted by Crippen LogP contribution is -2.18. The van der Waals surface area contributed by atoms with Crippen LogP contribution in [0.15, 0.2) is 73.2 Å². The van der Waals surface area contributed by atoms with E-state index in [0.29, 0.717) is 0 Å². The first-order valence-corrected chi connectivity index (χ1v) is 8.89. The maximum atomic E-state index is 4.68. The third-order valence-electron chi connectivity index (χ3n) is 4.87. The van der Waals surface area contributed by atoms with Gasteiger partial charge in [0.2, 0.25) is 0 Å². The Morgan fingerprint density at radius 1 is 1.00 bits per heavy atom. The Morgan fingerprint density at radius 2 is 1.77 bits per heavy atom. The Kier molecular flexibility index (Phi) is 4.50. The summed E-state index contributed by atoms with van der Waals surface area (Å²) in [5, 5.41) is 10.7. The van der Waals surface area contributed by atoms with Crippen molar-refractivity contribution in [3.63, 3.8) is 0 Å². The molecule has 4 nitrogen and oxygen atoms in total. The van der Waals surface area contributed by atoms with Crippen LogP contribution in [0, 0.1) is 6.92 Å². The van der Waals surface area contributed by atoms with Crippen molar-refractivity contribution in [2.24, 2.45) is 0 Å². The first-order chi connectivity index (χ1) is 12.7. The highest BCUT2D eigenvalue weighted by Gasteiger charge is 2.15. The van der Waals surface area contributed by atoms with Gasteiger partial charge in [-0.2, -0.15) is 5.10 Å². The van der Waals surface area contributed by atoms with Crippen LogP contribution in [0.2, 0.25) is 0 Å². The summed E-state index contributed by atoms with van der Waals surface area (Å²) in [7, 11) is 0. The lowest BCUT2D eigenvalue weighted by molar-refractivity contribution is 0.571. The molecular formula is C22H22N4. The Bertz CT molecular complexity index is 1020. The minimum Gasteiger partial charge on any atom is -0.306 e. The van der Waals surface area contributed by atoms with E-state index >= 15 is 0 Å². The normalized spacial score (nSPS) is 12.4. The number of nitrogens with zero attached hydrogens (tertiary/aromatic N) is 3. The average molecular weight is 342 g/mol. The minimum absolute atomic E-state index is 0.215. The molecule has 0 saturated heterocycles. The number of fused-ring (bicyclic) bond motifs is 1. The third kappa shape index (κ3) is 3.11. The number of aromatic nitrogens is 3. The molecule has 4 aromatic rings. The molecule has 26 heavy (non-hydrogen) atoms. The predicted molar refractivity (Wildman–Crippen MR) is 105 cm³/mol. The Hall–Kier alpha value is -2.98. The first kappa shape index (κ1) is 16.5. The minimum atomic E-state index is 0.215. The van der Waals surface area contributed by atoms with Crippen LogP contribution in [0.5, 0.6) is 0 Å². The molecule has 1 unspecified atom stereocenters. The molecule has 0 saturated carbocycles. The number of hydrogen-bond acceptors (Lipinski definition) is 3. The van der Waals surface area contributed by atoms with Gasteiger partial charge in [0.15, 0.2) is 0 Å². The molecule has 1 N–H and O–H groups in total. The zero-order chi connectivity index (χ0) is 17.9. The van der Waals surface area contributed by atoms with Gasteiger partial charge < -0.3 is 5.32 Å². The average Bonchev–Trinajstić information content (AvgIpc) is 3.08. The second kappa shape index (κ2) is 7.10. The van der Waals surface area contributed by atoms with Gasteiger partial charge in [-0.1, -0.05) is 36.4 Å². The fourth-order valence-corrected chi connectivity index (χ4v) is 3.36. The zero-order valence-corrected chi connectivity index (χ0v) is 15.1. The van der Waals surface area contributed by atoms with E-state index in [-0.39, 0.29) is 6.04 Å². The van der Waals surface area contributed by atoms with Crippen molar-refractivity contribution in [3.05, 3.63) is 90.0 Å². The van der Waals surface area contributed by atoms with Gasteiger partial charge in [-0.15, -0.1) is 0 Å². The van der Waals surface area contributed by atoms with E-state index < -0.39 is 0 Å². The van der Waals surface area contributed by atoms with Crippen LogP contribution in [0.4, 0.5) is 0 Å². The maximum absolute atomic E-state index is 4.68. The molecule has 0 amide bonds. The van der Waals surface area contributed by atoms with E-state index in [1.807, 2.05) is 35.4 Å². The van der Waals surface area contributed by atoms with E-state index in [1.54, 1.807) is 0 Å². The Labute approximate surface area is 153 Å². The summed E-state index contributed by atoms with van der Waals surface area (Å²) in [4.78, 5) is 4.07. The quantitative estimate of drug-likeness (QED) is 0.577. The number of benzene rings is 2. The monoisotopic (exact) mass is 342 g/mol. The van der Waals surface area contributed by atoms with E-state index in [2.05, 4.69) is 71.7 Å². The van der Waals surface area contributed by atoms with Crippen LogP contribution in [-0.4, -0.2) is 14.8 Å². The summed E-state index contributed by atoms with van der Waals surface area (Å²) in [6.07, 6.45) is 5.62. The number of hydrogen-bond donors (Lipinski definition) is 1. The van der Waals surface area contributed by atoms with Crippen molar-refractivity contribution in [3.8, 4) is 5.69 Å². The highest BCUT2D eigenvalue weighted by molar-refractivity contribution is 5.90. The fraction of sp³-hybridized carbons (Fsp3) is 0.182. The topological polar surface area (TPSA) is 42.7 Å². The summed E-state index contributed by atoms with van der Waals surface area (Å²) < 4.78 is 2.04. The molecule has 0 bridgehead atoms. The van der Waals surface area contributed by atoms with Crippen molar-refractivity contribution in [1.29, 1.82) is 0 Å².